The predicted molar refractivity (Wildman–Crippen MR) is 97.4 cm³/mol. The van der Waals surface area contributed by atoms with Gasteiger partial charge in [0.05, 0.1) is 19.0 Å². The van der Waals surface area contributed by atoms with Crippen molar-refractivity contribution in [2.75, 3.05) is 33.3 Å². The number of nitrogens with one attached hydrogen (secondary N) is 1. The fourth-order valence-corrected chi connectivity index (χ4v) is 3.15. The molecule has 1 saturated heterocycles. The Balaban J connectivity index is 1.55. The van der Waals surface area contributed by atoms with Crippen molar-refractivity contribution in [2.45, 2.75) is 25.7 Å². The average molecular weight is 342 g/mol. The van der Waals surface area contributed by atoms with Gasteiger partial charge in [-0.1, -0.05) is 24.6 Å². The first kappa shape index (κ1) is 17.5. The second-order valence-electron chi connectivity index (χ2n) is 6.34. The Bertz CT molecular complexity index is 678. The van der Waals surface area contributed by atoms with Crippen molar-refractivity contribution < 1.29 is 9.53 Å². The zero-order valence-electron chi connectivity index (χ0n) is 14.8. The highest BCUT2D eigenvalue weighted by Crippen LogP contribution is 2.19. The van der Waals surface area contributed by atoms with E-state index in [1.165, 1.54) is 32.4 Å². The lowest BCUT2D eigenvalue weighted by molar-refractivity contribution is 0.0942. The van der Waals surface area contributed by atoms with Crippen molar-refractivity contribution in [1.29, 1.82) is 0 Å². The molecule has 6 heteroatoms. The highest BCUT2D eigenvalue weighted by molar-refractivity contribution is 5.94. The molecule has 1 aromatic carbocycles. The van der Waals surface area contributed by atoms with E-state index in [-0.39, 0.29) is 5.91 Å². The van der Waals surface area contributed by atoms with Crippen molar-refractivity contribution in [3.05, 3.63) is 42.2 Å². The van der Waals surface area contributed by atoms with E-state index in [0.29, 0.717) is 18.0 Å². The first-order valence-electron chi connectivity index (χ1n) is 8.97. The minimum atomic E-state index is -0.190. The SMILES string of the molecule is COc1cn(-c2ccccc2)nc1C(=O)NCCCN1CCCCC1. The van der Waals surface area contributed by atoms with Gasteiger partial charge in [-0.2, -0.15) is 5.10 Å². The number of amides is 1. The van der Waals surface area contributed by atoms with E-state index >= 15 is 0 Å². The maximum Gasteiger partial charge on any atom is 0.275 e. The highest BCUT2D eigenvalue weighted by Gasteiger charge is 2.18. The largest absolute Gasteiger partial charge is 0.493 e. The summed E-state index contributed by atoms with van der Waals surface area (Å²) in [6, 6.07) is 9.69. The topological polar surface area (TPSA) is 59.4 Å². The molecule has 0 bridgehead atoms. The number of hydrogen-bond donors (Lipinski definition) is 1. The molecule has 134 valence electrons. The van der Waals surface area contributed by atoms with Gasteiger partial charge in [-0.25, -0.2) is 4.68 Å². The summed E-state index contributed by atoms with van der Waals surface area (Å²) in [5.74, 6) is 0.294. The number of methoxy groups -OCH3 is 1. The first-order valence-corrected chi connectivity index (χ1v) is 8.97. The van der Waals surface area contributed by atoms with E-state index in [1.54, 1.807) is 18.0 Å². The summed E-state index contributed by atoms with van der Waals surface area (Å²) in [5.41, 5.74) is 1.22. The molecular formula is C19H26N4O2. The summed E-state index contributed by atoms with van der Waals surface area (Å²) in [6.07, 6.45) is 6.61. The van der Waals surface area contributed by atoms with Crippen LogP contribution in [0.1, 0.15) is 36.2 Å². The lowest BCUT2D eigenvalue weighted by Crippen LogP contribution is -2.33. The third-order valence-corrected chi connectivity index (χ3v) is 4.52. The van der Waals surface area contributed by atoms with E-state index in [1.807, 2.05) is 30.3 Å². The van der Waals surface area contributed by atoms with Gasteiger partial charge in [0.2, 0.25) is 0 Å². The van der Waals surface area contributed by atoms with Gasteiger partial charge in [-0.05, 0) is 51.0 Å². The van der Waals surface area contributed by atoms with Gasteiger partial charge in [0.1, 0.15) is 0 Å². The van der Waals surface area contributed by atoms with E-state index in [9.17, 15) is 4.79 Å². The number of carbonyl (C=O) groups excluding carboxylic acids is 1. The van der Waals surface area contributed by atoms with Gasteiger partial charge in [-0.15, -0.1) is 0 Å². The summed E-state index contributed by atoms with van der Waals surface area (Å²) in [7, 11) is 1.56. The van der Waals surface area contributed by atoms with E-state index in [0.717, 1.165) is 18.7 Å². The fraction of sp³-hybridized carbons (Fsp3) is 0.474. The van der Waals surface area contributed by atoms with E-state index in [4.69, 9.17) is 4.74 Å². The number of ether oxygens (including phenoxy) is 1. The van der Waals surface area contributed by atoms with Crippen molar-refractivity contribution in [3.63, 3.8) is 0 Å². The number of rotatable bonds is 7. The number of benzene rings is 1. The second-order valence-corrected chi connectivity index (χ2v) is 6.34. The van der Waals surface area contributed by atoms with Crippen molar-refractivity contribution in [2.24, 2.45) is 0 Å². The van der Waals surface area contributed by atoms with Crippen LogP contribution in [0.4, 0.5) is 0 Å². The Labute approximate surface area is 148 Å². The number of hydrogen-bond acceptors (Lipinski definition) is 4. The Kier molecular flexibility index (Phi) is 6.06. The fourth-order valence-electron chi connectivity index (χ4n) is 3.15. The van der Waals surface area contributed by atoms with Crippen LogP contribution in [0.25, 0.3) is 5.69 Å². The standard InChI is InChI=1S/C19H26N4O2/c1-25-17-15-23(16-9-4-2-5-10-16)21-18(17)19(24)20-11-8-14-22-12-6-3-7-13-22/h2,4-5,9-10,15H,3,6-8,11-14H2,1H3,(H,20,24). The number of para-hydroxylation sites is 1. The second kappa shape index (κ2) is 8.67. The first-order chi connectivity index (χ1) is 12.3. The predicted octanol–water partition coefficient (Wildman–Crippen LogP) is 2.49. The quantitative estimate of drug-likeness (QED) is 0.786. The van der Waals surface area contributed by atoms with Crippen LogP contribution in [0.2, 0.25) is 0 Å². The van der Waals surface area contributed by atoms with Crippen LogP contribution in [0.5, 0.6) is 5.75 Å². The summed E-state index contributed by atoms with van der Waals surface area (Å²) in [4.78, 5) is 14.9. The maximum absolute atomic E-state index is 12.4. The number of carbonyl (C=O) groups is 1. The molecule has 1 N–H and O–H groups in total. The Hall–Kier alpha value is -2.34. The van der Waals surface area contributed by atoms with Crippen molar-refractivity contribution in [3.8, 4) is 11.4 Å². The van der Waals surface area contributed by atoms with Crippen molar-refractivity contribution in [1.82, 2.24) is 20.0 Å². The molecule has 0 saturated carbocycles. The molecule has 3 rings (SSSR count). The number of likely N-dealkylation sites (tertiary alicyclic amines) is 1. The van der Waals surface area contributed by atoms with Crippen LogP contribution in [-0.2, 0) is 0 Å². The zero-order chi connectivity index (χ0) is 17.5. The van der Waals surface area contributed by atoms with Crippen LogP contribution in [0.3, 0.4) is 0 Å². The van der Waals surface area contributed by atoms with Gasteiger partial charge in [0, 0.05) is 6.54 Å². The van der Waals surface area contributed by atoms with Crippen LogP contribution >= 0.6 is 0 Å². The van der Waals surface area contributed by atoms with Gasteiger partial charge < -0.3 is 15.0 Å². The van der Waals surface area contributed by atoms with Crippen LogP contribution in [0, 0.1) is 0 Å². The number of piperidine rings is 1. The molecule has 2 aromatic rings. The molecule has 0 unspecified atom stereocenters. The Morgan fingerprint density at radius 2 is 1.96 bits per heavy atom. The molecule has 1 aliphatic heterocycles. The Morgan fingerprint density at radius 3 is 2.68 bits per heavy atom. The number of aromatic nitrogens is 2. The average Bonchev–Trinajstić information content (AvgIpc) is 3.11. The van der Waals surface area contributed by atoms with Gasteiger partial charge in [0.15, 0.2) is 11.4 Å². The highest BCUT2D eigenvalue weighted by atomic mass is 16.5. The lowest BCUT2D eigenvalue weighted by atomic mass is 10.1. The molecule has 1 fully saturated rings. The third-order valence-electron chi connectivity index (χ3n) is 4.52. The normalized spacial score (nSPS) is 15.1. The number of nitrogens with zero attached hydrogens (tertiary/aromatic N) is 3. The molecule has 1 aliphatic rings. The molecule has 1 aromatic heterocycles. The van der Waals surface area contributed by atoms with Crippen molar-refractivity contribution >= 4 is 5.91 Å². The summed E-state index contributed by atoms with van der Waals surface area (Å²) >= 11 is 0. The molecule has 25 heavy (non-hydrogen) atoms. The zero-order valence-corrected chi connectivity index (χ0v) is 14.8. The van der Waals surface area contributed by atoms with Gasteiger partial charge in [-0.3, -0.25) is 4.79 Å². The molecule has 6 nitrogen and oxygen atoms in total. The summed E-state index contributed by atoms with van der Waals surface area (Å²) in [5, 5.41) is 7.35. The molecule has 1 amide bonds. The smallest absolute Gasteiger partial charge is 0.275 e. The van der Waals surface area contributed by atoms with Crippen LogP contribution in [-0.4, -0.2) is 53.9 Å². The monoisotopic (exact) mass is 342 g/mol. The third kappa shape index (κ3) is 4.60. The van der Waals surface area contributed by atoms with Crippen LogP contribution in [0.15, 0.2) is 36.5 Å². The van der Waals surface area contributed by atoms with Gasteiger partial charge >= 0.3 is 0 Å². The molecule has 0 atom stereocenters. The molecule has 2 heterocycles. The molecule has 0 radical (unpaired) electrons. The molecular weight excluding hydrogens is 316 g/mol. The van der Waals surface area contributed by atoms with E-state index in [2.05, 4.69) is 15.3 Å². The summed E-state index contributed by atoms with van der Waals surface area (Å²) in [6.45, 7) is 4.05. The van der Waals surface area contributed by atoms with E-state index < -0.39 is 0 Å². The lowest BCUT2D eigenvalue weighted by Gasteiger charge is -2.26. The maximum atomic E-state index is 12.4. The minimum Gasteiger partial charge on any atom is -0.493 e. The molecule has 0 aliphatic carbocycles. The molecule has 0 spiro atoms. The minimum absolute atomic E-state index is 0.190. The van der Waals surface area contributed by atoms with Crippen LogP contribution < -0.4 is 10.1 Å². The Morgan fingerprint density at radius 1 is 1.20 bits per heavy atom. The summed E-state index contributed by atoms with van der Waals surface area (Å²) < 4.78 is 6.99. The van der Waals surface area contributed by atoms with Gasteiger partial charge in [0.25, 0.3) is 5.91 Å².